The highest BCUT2D eigenvalue weighted by Crippen LogP contribution is 2.51. The number of hydrogen-bond acceptors (Lipinski definition) is 6. The van der Waals surface area contributed by atoms with E-state index in [-0.39, 0.29) is 29.4 Å². The first-order valence-electron chi connectivity index (χ1n) is 14.5. The number of benzene rings is 3. The van der Waals surface area contributed by atoms with Crippen molar-refractivity contribution in [3.05, 3.63) is 72.3 Å². The third-order valence-corrected chi connectivity index (χ3v) is 9.84. The Kier molecular flexibility index (Phi) is 6.18. The summed E-state index contributed by atoms with van der Waals surface area (Å²) in [5, 5.41) is 22.0. The molecule has 2 saturated carbocycles. The molecule has 3 aromatic rings. The van der Waals surface area contributed by atoms with E-state index in [1.165, 1.54) is 0 Å². The molecule has 3 aromatic carbocycles. The second-order valence-corrected chi connectivity index (χ2v) is 12.0. The predicted molar refractivity (Wildman–Crippen MR) is 153 cm³/mol. The molecule has 8 unspecified atom stereocenters. The molecule has 2 fully saturated rings. The van der Waals surface area contributed by atoms with Crippen molar-refractivity contribution in [2.45, 2.75) is 26.2 Å². The lowest BCUT2D eigenvalue weighted by atomic mass is 9.83. The van der Waals surface area contributed by atoms with Crippen molar-refractivity contribution < 1.29 is 38.9 Å². The van der Waals surface area contributed by atoms with E-state index in [2.05, 4.69) is 0 Å². The standard InChI is InChI=1S/C34H30O8/c1-2-16-7-12-23-24(13-16)30(42-34(40)28-20-11-9-18(15-20)26(28)32(37)38)22-6-4-3-5-21(22)29(23)41-33(39)27-19-10-8-17(14-19)25(27)31(35)36/h3-13,17-20,25-28H,2,14-15H2,1H3,(H,35,36)(H,37,38). The summed E-state index contributed by atoms with van der Waals surface area (Å²) in [4.78, 5) is 51.6. The van der Waals surface area contributed by atoms with E-state index >= 15 is 0 Å². The normalized spacial score (nSPS) is 30.3. The monoisotopic (exact) mass is 566 g/mol. The van der Waals surface area contributed by atoms with Gasteiger partial charge in [0.05, 0.1) is 23.7 Å². The van der Waals surface area contributed by atoms with Gasteiger partial charge in [-0.15, -0.1) is 0 Å². The lowest BCUT2D eigenvalue weighted by Crippen LogP contribution is -2.35. The molecule has 0 saturated heterocycles. The predicted octanol–water partition coefficient (Wildman–Crippen LogP) is 5.41. The van der Waals surface area contributed by atoms with Gasteiger partial charge in [-0.1, -0.05) is 67.6 Å². The molecule has 0 amide bonds. The SMILES string of the molecule is CCc1ccc2c(OC(=O)C3C4C=CC(C4)C3C(=O)O)c3ccccc3c(OC(=O)C3C4C=CC(C4)C3C(=O)O)c2c1. The Labute approximate surface area is 241 Å². The fourth-order valence-corrected chi connectivity index (χ4v) is 7.88. The number of hydrogen-bond donors (Lipinski definition) is 2. The number of carboxylic acid groups (broad SMARTS) is 2. The maximum atomic E-state index is 13.7. The summed E-state index contributed by atoms with van der Waals surface area (Å²) in [6, 6.07) is 12.8. The average molecular weight is 567 g/mol. The Bertz CT molecular complexity index is 1730. The van der Waals surface area contributed by atoms with E-state index < -0.39 is 47.5 Å². The van der Waals surface area contributed by atoms with Crippen molar-refractivity contribution >= 4 is 45.4 Å². The molecule has 0 radical (unpaired) electrons. The molecule has 8 nitrogen and oxygen atoms in total. The van der Waals surface area contributed by atoms with E-state index in [1.807, 2.05) is 49.4 Å². The number of carbonyl (C=O) groups is 4. The Morgan fingerprint density at radius 2 is 1.07 bits per heavy atom. The minimum Gasteiger partial charge on any atom is -0.481 e. The van der Waals surface area contributed by atoms with Crippen LogP contribution in [0.15, 0.2) is 66.8 Å². The van der Waals surface area contributed by atoms with Crippen molar-refractivity contribution in [1.82, 2.24) is 0 Å². The molecule has 4 aliphatic rings. The Hall–Kier alpha value is -4.46. The van der Waals surface area contributed by atoms with Crippen LogP contribution in [0.1, 0.15) is 25.3 Å². The molecular weight excluding hydrogens is 536 g/mol. The quantitative estimate of drug-likeness (QED) is 0.168. The smallest absolute Gasteiger partial charge is 0.315 e. The molecule has 0 heterocycles. The maximum Gasteiger partial charge on any atom is 0.315 e. The van der Waals surface area contributed by atoms with Gasteiger partial charge < -0.3 is 19.7 Å². The summed E-state index contributed by atoms with van der Waals surface area (Å²) in [5.74, 6) is -6.63. The molecule has 4 bridgehead atoms. The average Bonchev–Trinajstić information content (AvgIpc) is 3.79. The summed E-state index contributed by atoms with van der Waals surface area (Å²) in [7, 11) is 0. The Morgan fingerprint density at radius 3 is 1.52 bits per heavy atom. The second-order valence-electron chi connectivity index (χ2n) is 12.0. The number of esters is 2. The molecular formula is C34H30O8. The van der Waals surface area contributed by atoms with Crippen LogP contribution in [-0.2, 0) is 25.6 Å². The van der Waals surface area contributed by atoms with Gasteiger partial charge >= 0.3 is 23.9 Å². The van der Waals surface area contributed by atoms with Crippen molar-refractivity contribution in [1.29, 1.82) is 0 Å². The van der Waals surface area contributed by atoms with Crippen molar-refractivity contribution in [2.24, 2.45) is 47.3 Å². The molecule has 0 aliphatic heterocycles. The number of ether oxygens (including phenoxy) is 2. The van der Waals surface area contributed by atoms with Crippen LogP contribution in [0, 0.1) is 47.3 Å². The summed E-state index contributed by atoms with van der Waals surface area (Å²) in [6.45, 7) is 2.00. The van der Waals surface area contributed by atoms with Gasteiger partial charge in [0.2, 0.25) is 0 Å². The van der Waals surface area contributed by atoms with E-state index in [0.29, 0.717) is 46.6 Å². The molecule has 7 rings (SSSR count). The summed E-state index contributed by atoms with van der Waals surface area (Å²) >= 11 is 0. The van der Waals surface area contributed by atoms with Gasteiger partial charge in [0.15, 0.2) is 0 Å². The number of allylic oxidation sites excluding steroid dienone is 4. The van der Waals surface area contributed by atoms with Crippen LogP contribution in [-0.4, -0.2) is 34.1 Å². The Balaban J connectivity index is 1.33. The fourth-order valence-electron chi connectivity index (χ4n) is 7.88. The van der Waals surface area contributed by atoms with Gasteiger partial charge in [-0.2, -0.15) is 0 Å². The van der Waals surface area contributed by atoms with Crippen LogP contribution in [0.5, 0.6) is 11.5 Å². The molecule has 214 valence electrons. The highest BCUT2D eigenvalue weighted by molar-refractivity contribution is 6.13. The molecule has 4 aliphatic carbocycles. The van der Waals surface area contributed by atoms with Gasteiger partial charge in [-0.3, -0.25) is 19.2 Å². The number of aliphatic carboxylic acids is 2. The largest absolute Gasteiger partial charge is 0.481 e. The third-order valence-electron chi connectivity index (χ3n) is 9.84. The van der Waals surface area contributed by atoms with Gasteiger partial charge in [0.1, 0.15) is 11.5 Å². The number of rotatable bonds is 7. The molecule has 8 heteroatoms. The van der Waals surface area contributed by atoms with Crippen molar-refractivity contribution in [3.63, 3.8) is 0 Å². The summed E-state index contributed by atoms with van der Waals surface area (Å²) in [5.41, 5.74) is 0.975. The van der Waals surface area contributed by atoms with Crippen LogP contribution >= 0.6 is 0 Å². The minimum absolute atomic E-state index is 0.189. The molecule has 2 N–H and O–H groups in total. The van der Waals surface area contributed by atoms with Gasteiger partial charge in [0, 0.05) is 21.5 Å². The first-order valence-corrected chi connectivity index (χ1v) is 14.5. The van der Waals surface area contributed by atoms with E-state index in [9.17, 15) is 29.4 Å². The maximum absolute atomic E-state index is 13.7. The number of carboxylic acids is 2. The van der Waals surface area contributed by atoms with Crippen LogP contribution in [0.25, 0.3) is 21.5 Å². The number of aryl methyl sites for hydroxylation is 1. The van der Waals surface area contributed by atoms with Crippen molar-refractivity contribution in [2.75, 3.05) is 0 Å². The van der Waals surface area contributed by atoms with Crippen LogP contribution in [0.3, 0.4) is 0 Å². The molecule has 0 aromatic heterocycles. The van der Waals surface area contributed by atoms with Gasteiger partial charge in [0.25, 0.3) is 0 Å². The van der Waals surface area contributed by atoms with Crippen molar-refractivity contribution in [3.8, 4) is 11.5 Å². The first-order chi connectivity index (χ1) is 20.3. The number of carbonyl (C=O) groups excluding carboxylic acids is 2. The van der Waals surface area contributed by atoms with E-state index in [1.54, 1.807) is 24.3 Å². The topological polar surface area (TPSA) is 127 Å². The molecule has 42 heavy (non-hydrogen) atoms. The van der Waals surface area contributed by atoms with Gasteiger partial charge in [-0.25, -0.2) is 0 Å². The minimum atomic E-state index is -1.01. The van der Waals surface area contributed by atoms with E-state index in [4.69, 9.17) is 9.47 Å². The fraction of sp³-hybridized carbons (Fsp3) is 0.353. The first kappa shape index (κ1) is 26.4. The van der Waals surface area contributed by atoms with Gasteiger partial charge in [-0.05, 0) is 54.6 Å². The zero-order valence-corrected chi connectivity index (χ0v) is 22.9. The highest BCUT2D eigenvalue weighted by atomic mass is 16.5. The van der Waals surface area contributed by atoms with Crippen LogP contribution in [0.4, 0.5) is 0 Å². The Morgan fingerprint density at radius 1 is 0.643 bits per heavy atom. The molecule has 8 atom stereocenters. The zero-order valence-electron chi connectivity index (χ0n) is 22.9. The second kappa shape index (κ2) is 9.82. The van der Waals surface area contributed by atoms with Crippen LogP contribution < -0.4 is 9.47 Å². The third kappa shape index (κ3) is 3.95. The zero-order chi connectivity index (χ0) is 29.3. The number of fused-ring (bicyclic) bond motifs is 6. The highest BCUT2D eigenvalue weighted by Gasteiger charge is 2.54. The summed E-state index contributed by atoms with van der Waals surface area (Å²) in [6.07, 6.45) is 9.53. The summed E-state index contributed by atoms with van der Waals surface area (Å²) < 4.78 is 12.3. The van der Waals surface area contributed by atoms with Crippen LogP contribution in [0.2, 0.25) is 0 Å². The lowest BCUT2D eigenvalue weighted by molar-refractivity contribution is -0.152. The lowest BCUT2D eigenvalue weighted by Gasteiger charge is -2.25. The van der Waals surface area contributed by atoms with E-state index in [0.717, 1.165) is 5.56 Å². The molecule has 0 spiro atoms.